The van der Waals surface area contributed by atoms with E-state index >= 15 is 0 Å². The first kappa shape index (κ1) is 8.75. The van der Waals surface area contributed by atoms with Crippen molar-refractivity contribution in [2.75, 3.05) is 0 Å². The molecule has 0 aliphatic heterocycles. The lowest BCUT2D eigenvalue weighted by atomic mass is 10.2. The van der Waals surface area contributed by atoms with E-state index in [0.717, 1.165) is 22.3 Å². The number of nitrogens with zero attached hydrogens (tertiary/aromatic N) is 1. The smallest absolute Gasteiger partial charge is 0.0957 e. The topological polar surface area (TPSA) is 28.7 Å². The Morgan fingerprint density at radius 3 is 3.07 bits per heavy atom. The molecule has 0 bridgehead atoms. The van der Waals surface area contributed by atoms with E-state index in [2.05, 4.69) is 16.5 Å². The molecule has 14 heavy (non-hydrogen) atoms. The highest BCUT2D eigenvalue weighted by Crippen LogP contribution is 2.22. The van der Waals surface area contributed by atoms with Crippen molar-refractivity contribution in [2.45, 2.75) is 6.92 Å². The molecular weight excluding hydrogens is 172 g/mol. The third-order valence-corrected chi connectivity index (χ3v) is 2.16. The number of aromatic amines is 1. The quantitative estimate of drug-likeness (QED) is 0.762. The van der Waals surface area contributed by atoms with Crippen LogP contribution in [-0.4, -0.2) is 9.97 Å². The molecule has 2 rings (SSSR count). The Morgan fingerprint density at radius 2 is 2.36 bits per heavy atom. The van der Waals surface area contributed by atoms with Gasteiger partial charge < -0.3 is 4.98 Å². The highest BCUT2D eigenvalue weighted by atomic mass is 14.8. The summed E-state index contributed by atoms with van der Waals surface area (Å²) < 4.78 is 0. The van der Waals surface area contributed by atoms with Crippen molar-refractivity contribution in [1.29, 1.82) is 0 Å². The molecule has 2 aromatic rings. The van der Waals surface area contributed by atoms with Crippen molar-refractivity contribution in [3.8, 4) is 0 Å². The number of aromatic nitrogens is 2. The molecule has 0 amide bonds. The zero-order valence-electron chi connectivity index (χ0n) is 8.12. The maximum Gasteiger partial charge on any atom is 0.0957 e. The number of H-pyrrole nitrogens is 1. The second-order valence-corrected chi connectivity index (χ2v) is 3.06. The van der Waals surface area contributed by atoms with Crippen LogP contribution in [-0.2, 0) is 0 Å². The Labute approximate surface area is 83.0 Å². The Kier molecular flexibility index (Phi) is 2.19. The zero-order valence-corrected chi connectivity index (χ0v) is 8.12. The van der Waals surface area contributed by atoms with Gasteiger partial charge in [0.15, 0.2) is 0 Å². The number of rotatable bonds is 2. The number of allylic oxidation sites excluding steroid dienone is 1. The highest BCUT2D eigenvalue weighted by Gasteiger charge is 2.06. The number of fused-ring (bicyclic) bond motifs is 1. The van der Waals surface area contributed by atoms with Gasteiger partial charge in [-0.1, -0.05) is 18.7 Å². The van der Waals surface area contributed by atoms with Crippen molar-refractivity contribution in [3.63, 3.8) is 0 Å². The molecular formula is C12H12N2. The fourth-order valence-electron chi connectivity index (χ4n) is 1.56. The summed E-state index contributed by atoms with van der Waals surface area (Å²) in [6.07, 6.45) is 7.67. The number of hydrogen-bond acceptors (Lipinski definition) is 1. The molecule has 0 saturated heterocycles. The molecule has 0 saturated carbocycles. The second kappa shape index (κ2) is 3.50. The van der Waals surface area contributed by atoms with E-state index in [4.69, 9.17) is 0 Å². The lowest BCUT2D eigenvalue weighted by molar-refractivity contribution is 1.40. The Hall–Kier alpha value is -1.83. The van der Waals surface area contributed by atoms with Crippen LogP contribution in [0.2, 0.25) is 0 Å². The minimum Gasteiger partial charge on any atom is -0.353 e. The van der Waals surface area contributed by atoms with E-state index in [9.17, 15) is 0 Å². The largest absolute Gasteiger partial charge is 0.353 e. The van der Waals surface area contributed by atoms with Crippen molar-refractivity contribution < 1.29 is 0 Å². The summed E-state index contributed by atoms with van der Waals surface area (Å²) in [4.78, 5) is 7.60. The molecule has 0 aliphatic carbocycles. The van der Waals surface area contributed by atoms with Gasteiger partial charge in [0.2, 0.25) is 0 Å². The van der Waals surface area contributed by atoms with Crippen LogP contribution >= 0.6 is 0 Å². The van der Waals surface area contributed by atoms with Gasteiger partial charge in [0.05, 0.1) is 11.0 Å². The van der Waals surface area contributed by atoms with E-state index in [-0.39, 0.29) is 0 Å². The molecule has 2 heterocycles. The fourth-order valence-corrected chi connectivity index (χ4v) is 1.56. The predicted molar refractivity (Wildman–Crippen MR) is 60.9 cm³/mol. The Bertz CT molecular complexity index is 492. The minimum absolute atomic E-state index is 1.00. The molecule has 70 valence electrons. The molecule has 2 heteroatoms. The first-order valence-corrected chi connectivity index (χ1v) is 4.58. The number of nitrogens with one attached hydrogen (secondary N) is 1. The van der Waals surface area contributed by atoms with E-state index in [1.165, 1.54) is 0 Å². The zero-order chi connectivity index (χ0) is 9.97. The van der Waals surface area contributed by atoms with E-state index in [1.807, 2.05) is 37.3 Å². The van der Waals surface area contributed by atoms with E-state index < -0.39 is 0 Å². The van der Waals surface area contributed by atoms with Crippen molar-refractivity contribution in [3.05, 3.63) is 42.2 Å². The lowest BCUT2D eigenvalue weighted by Gasteiger charge is -1.90. The lowest BCUT2D eigenvalue weighted by Crippen LogP contribution is -1.76. The summed E-state index contributed by atoms with van der Waals surface area (Å²) in [6, 6.07) is 3.94. The van der Waals surface area contributed by atoms with Crippen LogP contribution in [0.15, 0.2) is 31.0 Å². The molecule has 0 aliphatic rings. The molecule has 0 spiro atoms. The van der Waals surface area contributed by atoms with Crippen LogP contribution in [0, 0.1) is 0 Å². The van der Waals surface area contributed by atoms with Crippen LogP contribution in [0.5, 0.6) is 0 Å². The monoisotopic (exact) mass is 184 g/mol. The molecule has 2 aromatic heterocycles. The molecule has 0 radical (unpaired) electrons. The van der Waals surface area contributed by atoms with Crippen LogP contribution in [0.25, 0.3) is 23.2 Å². The molecule has 0 unspecified atom stereocenters. The Morgan fingerprint density at radius 1 is 1.50 bits per heavy atom. The summed E-state index contributed by atoms with van der Waals surface area (Å²) in [5, 5.41) is 0. The van der Waals surface area contributed by atoms with Crippen LogP contribution < -0.4 is 0 Å². The minimum atomic E-state index is 1.00. The standard InChI is InChI=1S/C12H12N2/c1-3-6-9-10(4-2)14-11-7-5-8-13-12(9)11/h3-8,14H,2H2,1H3/b6-3-. The van der Waals surface area contributed by atoms with Gasteiger partial charge >= 0.3 is 0 Å². The third-order valence-electron chi connectivity index (χ3n) is 2.16. The maximum atomic E-state index is 4.34. The van der Waals surface area contributed by atoms with Gasteiger partial charge in [-0.2, -0.15) is 0 Å². The summed E-state index contributed by atoms with van der Waals surface area (Å²) in [5.41, 5.74) is 4.19. The van der Waals surface area contributed by atoms with Crippen molar-refractivity contribution in [1.82, 2.24) is 9.97 Å². The summed E-state index contributed by atoms with van der Waals surface area (Å²) >= 11 is 0. The highest BCUT2D eigenvalue weighted by molar-refractivity contribution is 5.89. The van der Waals surface area contributed by atoms with Crippen LogP contribution in [0.3, 0.4) is 0 Å². The van der Waals surface area contributed by atoms with Gasteiger partial charge in [0.1, 0.15) is 0 Å². The van der Waals surface area contributed by atoms with Gasteiger partial charge in [0.25, 0.3) is 0 Å². The SMILES string of the molecule is C=Cc1[nH]c2cccnc2c1/C=C\C. The molecule has 0 aromatic carbocycles. The van der Waals surface area contributed by atoms with Crippen LogP contribution in [0.4, 0.5) is 0 Å². The molecule has 0 atom stereocenters. The van der Waals surface area contributed by atoms with Gasteiger partial charge in [0, 0.05) is 17.5 Å². The summed E-state index contributed by atoms with van der Waals surface area (Å²) in [6.45, 7) is 5.77. The molecule has 2 nitrogen and oxygen atoms in total. The van der Waals surface area contributed by atoms with Gasteiger partial charge in [-0.15, -0.1) is 0 Å². The summed E-state index contributed by atoms with van der Waals surface area (Å²) in [5.74, 6) is 0. The average Bonchev–Trinajstić information content (AvgIpc) is 2.58. The first-order valence-electron chi connectivity index (χ1n) is 4.58. The third kappa shape index (κ3) is 1.25. The maximum absolute atomic E-state index is 4.34. The van der Waals surface area contributed by atoms with Gasteiger partial charge in [-0.25, -0.2) is 0 Å². The molecule has 0 fully saturated rings. The number of pyridine rings is 1. The van der Waals surface area contributed by atoms with Crippen LogP contribution in [0.1, 0.15) is 18.2 Å². The predicted octanol–water partition coefficient (Wildman–Crippen LogP) is 3.24. The van der Waals surface area contributed by atoms with Gasteiger partial charge in [-0.05, 0) is 25.1 Å². The number of hydrogen-bond donors (Lipinski definition) is 1. The normalized spacial score (nSPS) is 11.2. The van der Waals surface area contributed by atoms with Gasteiger partial charge in [-0.3, -0.25) is 4.98 Å². The first-order chi connectivity index (χ1) is 6.86. The van der Waals surface area contributed by atoms with E-state index in [1.54, 1.807) is 6.20 Å². The average molecular weight is 184 g/mol. The van der Waals surface area contributed by atoms with E-state index in [0.29, 0.717) is 0 Å². The second-order valence-electron chi connectivity index (χ2n) is 3.06. The Balaban J connectivity index is 2.80. The summed E-state index contributed by atoms with van der Waals surface area (Å²) in [7, 11) is 0. The van der Waals surface area contributed by atoms with Crippen molar-refractivity contribution in [2.24, 2.45) is 0 Å². The molecule has 1 N–H and O–H groups in total. The fraction of sp³-hybridized carbons (Fsp3) is 0.0833. The van der Waals surface area contributed by atoms with Crippen molar-refractivity contribution >= 4 is 23.2 Å².